The maximum atomic E-state index is 12.7. The molecule has 1 aromatic rings. The molecule has 0 amide bonds. The van der Waals surface area contributed by atoms with Crippen molar-refractivity contribution < 1.29 is 35.8 Å². The van der Waals surface area contributed by atoms with Crippen molar-refractivity contribution in [1.29, 1.82) is 0 Å². The maximum Gasteiger partial charge on any atom is 0.430 e. The van der Waals surface area contributed by atoms with Gasteiger partial charge in [0.25, 0.3) is 5.60 Å². The normalized spacial score (nSPS) is 13.8. The van der Waals surface area contributed by atoms with Gasteiger partial charge in [0.05, 0.1) is 5.02 Å². The average Bonchev–Trinajstić information content (AvgIpc) is 2.17. The van der Waals surface area contributed by atoms with Crippen molar-refractivity contribution in [2.45, 2.75) is 18.0 Å². The predicted octanol–water partition coefficient (Wildman–Crippen LogP) is 3.79. The van der Waals surface area contributed by atoms with Crippen LogP contribution in [0.5, 0.6) is 0 Å². The third kappa shape index (κ3) is 2.26. The Labute approximate surface area is 101 Å². The van der Waals surface area contributed by atoms with Crippen LogP contribution in [-0.4, -0.2) is 17.5 Å². The molecule has 0 aliphatic heterocycles. The summed E-state index contributed by atoms with van der Waals surface area (Å²) in [5.74, 6) is -1.20. The molecule has 0 fully saturated rings. The predicted molar refractivity (Wildman–Crippen MR) is 47.4 cm³/mol. The molecule has 0 heterocycles. The monoisotopic (exact) mass is 296 g/mol. The van der Waals surface area contributed by atoms with Crippen molar-refractivity contribution >= 4 is 11.6 Å². The summed E-state index contributed by atoms with van der Waals surface area (Å²) in [4.78, 5) is 0. The van der Waals surface area contributed by atoms with Gasteiger partial charge in [0.2, 0.25) is 0 Å². The summed E-state index contributed by atoms with van der Waals surface area (Å²) in [5, 5.41) is 7.98. The average molecular weight is 297 g/mol. The molecule has 18 heavy (non-hydrogen) atoms. The zero-order valence-electron chi connectivity index (χ0n) is 8.20. The van der Waals surface area contributed by atoms with Crippen molar-refractivity contribution in [2.75, 3.05) is 0 Å². The van der Waals surface area contributed by atoms with Crippen LogP contribution in [-0.2, 0) is 5.60 Å². The summed E-state index contributed by atoms with van der Waals surface area (Å²) in [6, 6.07) is 0.556. The lowest BCUT2D eigenvalue weighted by Gasteiger charge is -2.32. The molecule has 1 nitrogen and oxygen atoms in total. The van der Waals surface area contributed by atoms with Crippen LogP contribution in [0.25, 0.3) is 0 Å². The van der Waals surface area contributed by atoms with Gasteiger partial charge < -0.3 is 5.11 Å². The Morgan fingerprint density at radius 2 is 1.39 bits per heavy atom. The van der Waals surface area contributed by atoms with Crippen LogP contribution < -0.4 is 0 Å². The van der Waals surface area contributed by atoms with E-state index in [2.05, 4.69) is 0 Å². The van der Waals surface area contributed by atoms with E-state index in [1.807, 2.05) is 0 Å². The van der Waals surface area contributed by atoms with E-state index in [0.717, 1.165) is 0 Å². The van der Waals surface area contributed by atoms with Gasteiger partial charge in [-0.05, 0) is 12.1 Å². The molecule has 1 aromatic carbocycles. The lowest BCUT2D eigenvalue weighted by molar-refractivity contribution is -0.376. The van der Waals surface area contributed by atoms with E-state index in [4.69, 9.17) is 16.7 Å². The third-order valence-electron chi connectivity index (χ3n) is 2.16. The molecule has 0 unspecified atom stereocenters. The van der Waals surface area contributed by atoms with E-state index in [9.17, 15) is 30.7 Å². The number of halogens is 8. The highest BCUT2D eigenvalue weighted by atomic mass is 35.5. The first-order chi connectivity index (χ1) is 7.91. The van der Waals surface area contributed by atoms with Crippen molar-refractivity contribution in [2.24, 2.45) is 0 Å². The first-order valence-corrected chi connectivity index (χ1v) is 4.60. The molecule has 0 radical (unpaired) electrons. The molecular weight excluding hydrogens is 293 g/mol. The Hall–Kier alpha value is -1.02. The molecule has 0 aromatic heterocycles. The first-order valence-electron chi connectivity index (χ1n) is 4.22. The quantitative estimate of drug-likeness (QED) is 0.782. The molecule has 0 saturated heterocycles. The summed E-state index contributed by atoms with van der Waals surface area (Å²) in [6.45, 7) is 0. The zero-order valence-corrected chi connectivity index (χ0v) is 8.96. The van der Waals surface area contributed by atoms with E-state index in [0.29, 0.717) is 6.07 Å². The Morgan fingerprint density at radius 3 is 1.72 bits per heavy atom. The second-order valence-corrected chi connectivity index (χ2v) is 3.74. The van der Waals surface area contributed by atoms with E-state index in [-0.39, 0.29) is 12.1 Å². The highest BCUT2D eigenvalue weighted by Gasteiger charge is 2.71. The van der Waals surface area contributed by atoms with Gasteiger partial charge in [-0.2, -0.15) is 26.3 Å². The second-order valence-electron chi connectivity index (χ2n) is 3.33. The van der Waals surface area contributed by atoms with Gasteiger partial charge in [0.15, 0.2) is 0 Å². The van der Waals surface area contributed by atoms with E-state index in [1.54, 1.807) is 0 Å². The standard InChI is InChI=1S/C9H4ClF7O/c10-5-3-4(1-2-6(5)11)7(18,8(12,13)14)9(15,16)17/h1-3,18H. The highest BCUT2D eigenvalue weighted by molar-refractivity contribution is 6.30. The minimum Gasteiger partial charge on any atom is -0.369 e. The van der Waals surface area contributed by atoms with E-state index >= 15 is 0 Å². The summed E-state index contributed by atoms with van der Waals surface area (Å²) < 4.78 is 87.2. The summed E-state index contributed by atoms with van der Waals surface area (Å²) in [6.07, 6.45) is -12.0. The Bertz CT molecular complexity index is 437. The van der Waals surface area contributed by atoms with Crippen LogP contribution in [0.1, 0.15) is 5.56 Å². The number of rotatable bonds is 1. The van der Waals surface area contributed by atoms with Crippen LogP contribution in [0.2, 0.25) is 5.02 Å². The fourth-order valence-electron chi connectivity index (χ4n) is 1.21. The lowest BCUT2D eigenvalue weighted by atomic mass is 9.92. The van der Waals surface area contributed by atoms with Gasteiger partial charge in [-0.1, -0.05) is 17.7 Å². The summed E-state index contributed by atoms with van der Waals surface area (Å²) >= 11 is 5.10. The lowest BCUT2D eigenvalue weighted by Crippen LogP contribution is -2.53. The summed E-state index contributed by atoms with van der Waals surface area (Å²) in [5.41, 5.74) is -6.70. The fraction of sp³-hybridized carbons (Fsp3) is 0.333. The second kappa shape index (κ2) is 4.27. The number of benzene rings is 1. The topological polar surface area (TPSA) is 20.2 Å². The Kier molecular flexibility index (Phi) is 3.57. The number of hydrogen-bond donors (Lipinski definition) is 1. The molecule has 0 saturated carbocycles. The van der Waals surface area contributed by atoms with Gasteiger partial charge in [-0.15, -0.1) is 0 Å². The third-order valence-corrected chi connectivity index (χ3v) is 2.45. The van der Waals surface area contributed by atoms with Crippen molar-refractivity contribution in [1.82, 2.24) is 0 Å². The molecule has 0 aliphatic carbocycles. The number of aliphatic hydroxyl groups is 1. The summed E-state index contributed by atoms with van der Waals surface area (Å²) in [7, 11) is 0. The molecule has 1 N–H and O–H groups in total. The Morgan fingerprint density at radius 1 is 0.944 bits per heavy atom. The van der Waals surface area contributed by atoms with Gasteiger partial charge in [-0.25, -0.2) is 4.39 Å². The SMILES string of the molecule is OC(c1ccc(F)c(Cl)c1)(C(F)(F)F)C(F)(F)F. The first kappa shape index (κ1) is 15.0. The molecule has 0 aliphatic rings. The van der Waals surface area contributed by atoms with E-state index in [1.165, 1.54) is 0 Å². The number of hydrogen-bond acceptors (Lipinski definition) is 1. The molecule has 9 heteroatoms. The number of alkyl halides is 6. The van der Waals surface area contributed by atoms with Crippen molar-refractivity contribution in [3.63, 3.8) is 0 Å². The molecule has 0 atom stereocenters. The van der Waals surface area contributed by atoms with Crippen molar-refractivity contribution in [3.8, 4) is 0 Å². The molecule has 102 valence electrons. The molecular formula is C9H4ClF7O. The van der Waals surface area contributed by atoms with Gasteiger partial charge in [0, 0.05) is 5.56 Å². The van der Waals surface area contributed by atoms with Crippen LogP contribution in [0.15, 0.2) is 18.2 Å². The smallest absolute Gasteiger partial charge is 0.369 e. The fourth-order valence-corrected chi connectivity index (χ4v) is 1.39. The van der Waals surface area contributed by atoms with Gasteiger partial charge >= 0.3 is 12.4 Å². The van der Waals surface area contributed by atoms with Crippen LogP contribution in [0, 0.1) is 5.82 Å². The van der Waals surface area contributed by atoms with Crippen LogP contribution in [0.3, 0.4) is 0 Å². The van der Waals surface area contributed by atoms with Crippen molar-refractivity contribution in [3.05, 3.63) is 34.6 Å². The highest BCUT2D eigenvalue weighted by Crippen LogP contribution is 2.50. The Balaban J connectivity index is 3.51. The van der Waals surface area contributed by atoms with Crippen LogP contribution in [0.4, 0.5) is 30.7 Å². The van der Waals surface area contributed by atoms with Gasteiger partial charge in [0.1, 0.15) is 5.82 Å². The molecule has 1 rings (SSSR count). The van der Waals surface area contributed by atoms with E-state index < -0.39 is 34.4 Å². The maximum absolute atomic E-state index is 12.7. The minimum atomic E-state index is -6.02. The van der Waals surface area contributed by atoms with Crippen LogP contribution >= 0.6 is 11.6 Å². The zero-order chi connectivity index (χ0) is 14.4. The molecule has 0 bridgehead atoms. The van der Waals surface area contributed by atoms with Gasteiger partial charge in [-0.3, -0.25) is 0 Å². The largest absolute Gasteiger partial charge is 0.430 e. The minimum absolute atomic E-state index is 0.0812. The molecule has 0 spiro atoms.